The summed E-state index contributed by atoms with van der Waals surface area (Å²) >= 11 is 0. The third-order valence-electron chi connectivity index (χ3n) is 2.13. The summed E-state index contributed by atoms with van der Waals surface area (Å²) in [4.78, 5) is 0. The van der Waals surface area contributed by atoms with E-state index in [1.54, 1.807) is 7.05 Å². The lowest BCUT2D eigenvalue weighted by molar-refractivity contribution is 0.323. The molecule has 0 saturated carbocycles. The first-order valence-corrected chi connectivity index (χ1v) is 6.65. The van der Waals surface area contributed by atoms with Crippen molar-refractivity contribution in [2.45, 2.75) is 20.3 Å². The monoisotopic (exact) mass is 248 g/mol. The van der Waals surface area contributed by atoms with Crippen LogP contribution in [0.5, 0.6) is 0 Å². The van der Waals surface area contributed by atoms with Gasteiger partial charge in [0.05, 0.1) is 12.9 Å². The van der Waals surface area contributed by atoms with Crippen molar-refractivity contribution < 1.29 is 12.6 Å². The Hall–Kier alpha value is -0.850. The van der Waals surface area contributed by atoms with Gasteiger partial charge >= 0.3 is 0 Å². The zero-order valence-corrected chi connectivity index (χ0v) is 11.1. The van der Waals surface area contributed by atoms with E-state index in [-0.39, 0.29) is 6.61 Å². The predicted octanol–water partition coefficient (Wildman–Crippen LogP) is 1.01. The lowest BCUT2D eigenvalue weighted by atomic mass is 10.0. The zero-order chi connectivity index (χ0) is 12.9. The molecule has 0 aliphatic carbocycles. The van der Waals surface area contributed by atoms with Crippen LogP contribution in [0.4, 0.5) is 0 Å². The van der Waals surface area contributed by atoms with Crippen LogP contribution in [0, 0.1) is 0 Å². The summed E-state index contributed by atoms with van der Waals surface area (Å²) in [6.07, 6.45) is 1.49. The van der Waals surface area contributed by atoms with Crippen LogP contribution in [-0.4, -0.2) is 33.3 Å². The Labute approximate surface area is 97.7 Å². The molecule has 0 spiro atoms. The molecule has 0 aliphatic rings. The van der Waals surface area contributed by atoms with Crippen LogP contribution >= 0.6 is 0 Å². The van der Waals surface area contributed by atoms with Gasteiger partial charge in [-0.1, -0.05) is 12.2 Å². The molecule has 0 rings (SSSR count). The second kappa shape index (κ2) is 6.03. The first-order chi connectivity index (χ1) is 7.15. The minimum Gasteiger partial charge on any atom is -0.318 e. The first kappa shape index (κ1) is 15.2. The number of nitrogens with two attached hydrogens (primary N) is 1. The second-order valence-corrected chi connectivity index (χ2v) is 5.38. The molecule has 0 atom stereocenters. The summed E-state index contributed by atoms with van der Waals surface area (Å²) in [7, 11) is -1.67. The Morgan fingerprint density at radius 3 is 2.25 bits per heavy atom. The highest BCUT2D eigenvalue weighted by Gasteiger charge is 2.08. The summed E-state index contributed by atoms with van der Waals surface area (Å²) in [5.74, 6) is 5.61. The molecule has 0 fully saturated rings. The van der Waals surface area contributed by atoms with Crippen molar-refractivity contribution in [3.05, 3.63) is 23.4 Å². The van der Waals surface area contributed by atoms with Crippen LogP contribution in [0.15, 0.2) is 23.4 Å². The van der Waals surface area contributed by atoms with Gasteiger partial charge in [0.2, 0.25) is 0 Å². The fourth-order valence-corrected chi connectivity index (χ4v) is 1.60. The van der Waals surface area contributed by atoms with E-state index >= 15 is 0 Å². The quantitative estimate of drug-likeness (QED) is 0.329. The summed E-state index contributed by atoms with van der Waals surface area (Å²) in [6, 6.07) is 0. The molecule has 0 aliphatic heterocycles. The second-order valence-electron chi connectivity index (χ2n) is 3.73. The van der Waals surface area contributed by atoms with Crippen LogP contribution < -0.4 is 5.84 Å². The molecule has 94 valence electrons. The summed E-state index contributed by atoms with van der Waals surface area (Å²) < 4.78 is 26.3. The molecule has 0 saturated heterocycles. The molecule has 5 nitrogen and oxygen atoms in total. The SMILES string of the molecule is C=C(C)/C(CCOS(C)(=O)=O)=C(/C)N(C)N. The van der Waals surface area contributed by atoms with Crippen LogP contribution in [0.1, 0.15) is 20.3 Å². The maximum atomic E-state index is 10.8. The molecule has 16 heavy (non-hydrogen) atoms. The number of rotatable bonds is 6. The Morgan fingerprint density at radius 1 is 1.44 bits per heavy atom. The van der Waals surface area contributed by atoms with E-state index in [1.165, 1.54) is 5.01 Å². The van der Waals surface area contributed by atoms with Crippen molar-refractivity contribution in [3.8, 4) is 0 Å². The van der Waals surface area contributed by atoms with Gasteiger partial charge in [0.1, 0.15) is 0 Å². The fourth-order valence-electron chi connectivity index (χ4n) is 1.21. The van der Waals surface area contributed by atoms with Crippen molar-refractivity contribution in [1.82, 2.24) is 5.01 Å². The van der Waals surface area contributed by atoms with Gasteiger partial charge in [-0.2, -0.15) is 8.42 Å². The van der Waals surface area contributed by atoms with Gasteiger partial charge in [-0.05, 0) is 25.8 Å². The van der Waals surface area contributed by atoms with Gasteiger partial charge in [0.15, 0.2) is 0 Å². The third-order valence-corrected chi connectivity index (χ3v) is 2.73. The zero-order valence-electron chi connectivity index (χ0n) is 10.3. The molecule has 0 aromatic heterocycles. The average molecular weight is 248 g/mol. The van der Waals surface area contributed by atoms with Gasteiger partial charge in [-0.25, -0.2) is 5.84 Å². The van der Waals surface area contributed by atoms with Crippen molar-refractivity contribution in [2.75, 3.05) is 19.9 Å². The maximum Gasteiger partial charge on any atom is 0.264 e. The maximum absolute atomic E-state index is 10.8. The molecule has 0 bridgehead atoms. The van der Waals surface area contributed by atoms with Crippen LogP contribution in [0.25, 0.3) is 0 Å². The summed E-state index contributed by atoms with van der Waals surface area (Å²) in [6.45, 7) is 7.63. The van der Waals surface area contributed by atoms with Gasteiger partial charge in [0, 0.05) is 12.7 Å². The summed E-state index contributed by atoms with van der Waals surface area (Å²) in [5, 5.41) is 1.48. The topological polar surface area (TPSA) is 72.6 Å². The Kier molecular flexibility index (Phi) is 5.71. The largest absolute Gasteiger partial charge is 0.318 e. The van der Waals surface area contributed by atoms with Gasteiger partial charge in [0.25, 0.3) is 10.1 Å². The molecule has 2 N–H and O–H groups in total. The highest BCUT2D eigenvalue weighted by molar-refractivity contribution is 7.85. The van der Waals surface area contributed by atoms with Crippen LogP contribution in [-0.2, 0) is 14.3 Å². The first-order valence-electron chi connectivity index (χ1n) is 4.83. The lowest BCUT2D eigenvalue weighted by Gasteiger charge is -2.18. The van der Waals surface area contributed by atoms with Crippen molar-refractivity contribution in [2.24, 2.45) is 5.84 Å². The normalized spacial score (nSPS) is 13.3. The van der Waals surface area contributed by atoms with Gasteiger partial charge in [-0.15, -0.1) is 0 Å². The number of allylic oxidation sites excluding steroid dienone is 2. The Bertz CT molecular complexity index is 383. The molecular weight excluding hydrogens is 228 g/mol. The highest BCUT2D eigenvalue weighted by atomic mass is 32.2. The van der Waals surface area contributed by atoms with Gasteiger partial charge in [-0.3, -0.25) is 4.18 Å². The third kappa shape index (κ3) is 5.89. The van der Waals surface area contributed by atoms with E-state index < -0.39 is 10.1 Å². The average Bonchev–Trinajstić information content (AvgIpc) is 2.08. The smallest absolute Gasteiger partial charge is 0.264 e. The van der Waals surface area contributed by atoms with Crippen LogP contribution in [0.2, 0.25) is 0 Å². The van der Waals surface area contributed by atoms with Crippen molar-refractivity contribution in [3.63, 3.8) is 0 Å². The molecule has 0 aromatic carbocycles. The molecule has 0 unspecified atom stereocenters. The molecule has 6 heteroatoms. The van der Waals surface area contributed by atoms with E-state index in [4.69, 9.17) is 5.84 Å². The molecule has 0 amide bonds. The van der Waals surface area contributed by atoms with Gasteiger partial charge < -0.3 is 5.01 Å². The molecular formula is C10H20N2O3S. The number of hydrogen-bond donors (Lipinski definition) is 1. The van der Waals surface area contributed by atoms with Crippen molar-refractivity contribution >= 4 is 10.1 Å². The number of nitrogens with zero attached hydrogens (tertiary/aromatic N) is 1. The van der Waals surface area contributed by atoms with E-state index in [1.807, 2.05) is 13.8 Å². The minimum atomic E-state index is -3.39. The molecule has 0 radical (unpaired) electrons. The summed E-state index contributed by atoms with van der Waals surface area (Å²) in [5.41, 5.74) is 2.62. The van der Waals surface area contributed by atoms with E-state index in [0.29, 0.717) is 6.42 Å². The lowest BCUT2D eigenvalue weighted by Crippen LogP contribution is -2.25. The van der Waals surface area contributed by atoms with Crippen molar-refractivity contribution in [1.29, 1.82) is 0 Å². The van der Waals surface area contributed by atoms with E-state index in [0.717, 1.165) is 23.1 Å². The number of hydrogen-bond acceptors (Lipinski definition) is 5. The Balaban J connectivity index is 4.62. The highest BCUT2D eigenvalue weighted by Crippen LogP contribution is 2.17. The fraction of sp³-hybridized carbons (Fsp3) is 0.600. The van der Waals surface area contributed by atoms with E-state index in [9.17, 15) is 8.42 Å². The van der Waals surface area contributed by atoms with Crippen LogP contribution in [0.3, 0.4) is 0 Å². The molecule has 0 heterocycles. The number of hydrazine groups is 1. The Morgan fingerprint density at radius 2 is 1.94 bits per heavy atom. The predicted molar refractivity (Wildman–Crippen MR) is 64.9 cm³/mol. The minimum absolute atomic E-state index is 0.103. The molecule has 0 aromatic rings. The standard InChI is InChI=1S/C10H20N2O3S/c1-8(2)10(9(3)12(4)11)6-7-15-16(5,13)14/h1,6-7,11H2,2-5H3/b10-9-. The van der Waals surface area contributed by atoms with E-state index in [2.05, 4.69) is 10.8 Å².